The molecule has 0 spiro atoms. The first-order valence-electron chi connectivity index (χ1n) is 5.35. The van der Waals surface area contributed by atoms with Crippen molar-refractivity contribution in [3.8, 4) is 5.75 Å². The first-order chi connectivity index (χ1) is 7.31. The molecule has 1 aliphatic carbocycles. The Morgan fingerprint density at radius 2 is 2.20 bits per heavy atom. The Labute approximate surface area is 90.1 Å². The van der Waals surface area contributed by atoms with Gasteiger partial charge in [-0.3, -0.25) is 0 Å². The molecule has 0 aromatic heterocycles. The zero-order chi connectivity index (χ0) is 10.7. The van der Waals surface area contributed by atoms with Gasteiger partial charge in [-0.25, -0.2) is 0 Å². The van der Waals surface area contributed by atoms with Crippen LogP contribution in [0.25, 0.3) is 0 Å². The predicted octanol–water partition coefficient (Wildman–Crippen LogP) is 1.48. The monoisotopic (exact) mass is 207 g/mol. The molecule has 0 radical (unpaired) electrons. The summed E-state index contributed by atoms with van der Waals surface area (Å²) in [5.74, 6) is 0.752. The quantitative estimate of drug-likeness (QED) is 0.768. The largest absolute Gasteiger partial charge is 0.496 e. The van der Waals surface area contributed by atoms with Crippen molar-refractivity contribution >= 4 is 0 Å². The molecule has 1 aromatic carbocycles. The highest BCUT2D eigenvalue weighted by atomic mass is 16.5. The van der Waals surface area contributed by atoms with Crippen LogP contribution in [0.2, 0.25) is 0 Å². The second kappa shape index (κ2) is 4.64. The minimum Gasteiger partial charge on any atom is -0.496 e. The Balaban J connectivity index is 1.98. The minimum atomic E-state index is -0.484. The standard InChI is InChI=1S/C12H17NO2/c1-15-12-5-3-2-4-10(12)11(14)8-13-9-6-7-9/h2-5,9,11,13-14H,6-8H2,1H3. The van der Waals surface area contributed by atoms with Crippen molar-refractivity contribution in [2.24, 2.45) is 0 Å². The molecule has 0 amide bonds. The second-order valence-corrected chi connectivity index (χ2v) is 3.94. The van der Waals surface area contributed by atoms with Gasteiger partial charge in [0.25, 0.3) is 0 Å². The Morgan fingerprint density at radius 3 is 2.87 bits per heavy atom. The highest BCUT2D eigenvalue weighted by Gasteiger charge is 2.22. The number of nitrogens with one attached hydrogen (secondary N) is 1. The van der Waals surface area contributed by atoms with E-state index in [-0.39, 0.29) is 0 Å². The van der Waals surface area contributed by atoms with Gasteiger partial charge in [-0.05, 0) is 18.9 Å². The number of rotatable bonds is 5. The average Bonchev–Trinajstić information content (AvgIpc) is 3.09. The van der Waals surface area contributed by atoms with E-state index in [0.717, 1.165) is 11.3 Å². The SMILES string of the molecule is COc1ccccc1C(O)CNC1CC1. The number of methoxy groups -OCH3 is 1. The summed E-state index contributed by atoms with van der Waals surface area (Å²) in [7, 11) is 1.62. The molecule has 0 aliphatic heterocycles. The van der Waals surface area contributed by atoms with Crippen molar-refractivity contribution in [1.29, 1.82) is 0 Å². The molecule has 1 fully saturated rings. The lowest BCUT2D eigenvalue weighted by Crippen LogP contribution is -2.23. The Hall–Kier alpha value is -1.06. The lowest BCUT2D eigenvalue weighted by Gasteiger charge is -2.14. The van der Waals surface area contributed by atoms with E-state index in [4.69, 9.17) is 4.74 Å². The van der Waals surface area contributed by atoms with E-state index < -0.39 is 6.10 Å². The minimum absolute atomic E-state index is 0.484. The van der Waals surface area contributed by atoms with Gasteiger partial charge in [-0.1, -0.05) is 18.2 Å². The van der Waals surface area contributed by atoms with Crippen LogP contribution in [0.1, 0.15) is 24.5 Å². The van der Waals surface area contributed by atoms with E-state index in [1.807, 2.05) is 24.3 Å². The number of para-hydroxylation sites is 1. The van der Waals surface area contributed by atoms with E-state index in [0.29, 0.717) is 12.6 Å². The summed E-state index contributed by atoms with van der Waals surface area (Å²) in [4.78, 5) is 0. The van der Waals surface area contributed by atoms with Gasteiger partial charge in [-0.15, -0.1) is 0 Å². The lowest BCUT2D eigenvalue weighted by atomic mass is 10.1. The van der Waals surface area contributed by atoms with Gasteiger partial charge < -0.3 is 15.2 Å². The van der Waals surface area contributed by atoms with Gasteiger partial charge in [0.15, 0.2) is 0 Å². The number of ether oxygens (including phenoxy) is 1. The molecule has 0 bridgehead atoms. The lowest BCUT2D eigenvalue weighted by molar-refractivity contribution is 0.170. The molecule has 2 N–H and O–H groups in total. The van der Waals surface area contributed by atoms with Crippen LogP contribution in [0.15, 0.2) is 24.3 Å². The van der Waals surface area contributed by atoms with Gasteiger partial charge in [0.05, 0.1) is 13.2 Å². The third-order valence-corrected chi connectivity index (χ3v) is 2.68. The molecule has 1 aromatic rings. The van der Waals surface area contributed by atoms with Crippen LogP contribution in [0.3, 0.4) is 0 Å². The van der Waals surface area contributed by atoms with Crippen LogP contribution in [-0.2, 0) is 0 Å². The summed E-state index contributed by atoms with van der Waals surface area (Å²) in [6.45, 7) is 0.602. The van der Waals surface area contributed by atoms with Gasteiger partial charge in [0.2, 0.25) is 0 Å². The van der Waals surface area contributed by atoms with Crippen LogP contribution < -0.4 is 10.1 Å². The summed E-state index contributed by atoms with van der Waals surface area (Å²) in [6, 6.07) is 8.21. The molecule has 1 unspecified atom stereocenters. The number of aliphatic hydroxyl groups is 1. The summed E-state index contributed by atoms with van der Waals surface area (Å²) < 4.78 is 5.20. The van der Waals surface area contributed by atoms with E-state index in [9.17, 15) is 5.11 Å². The summed E-state index contributed by atoms with van der Waals surface area (Å²) in [6.07, 6.45) is 1.99. The number of hydrogen-bond donors (Lipinski definition) is 2. The van der Waals surface area contributed by atoms with Gasteiger partial charge >= 0.3 is 0 Å². The Kier molecular flexibility index (Phi) is 3.23. The zero-order valence-corrected chi connectivity index (χ0v) is 8.94. The molecule has 1 saturated carbocycles. The van der Waals surface area contributed by atoms with Crippen LogP contribution in [-0.4, -0.2) is 24.8 Å². The van der Waals surface area contributed by atoms with Crippen molar-refractivity contribution in [2.75, 3.05) is 13.7 Å². The first-order valence-corrected chi connectivity index (χ1v) is 5.35. The first kappa shape index (κ1) is 10.5. The molecular formula is C12H17NO2. The molecule has 0 saturated heterocycles. The summed E-state index contributed by atoms with van der Waals surface area (Å²) in [5.41, 5.74) is 0.855. The summed E-state index contributed by atoms with van der Waals surface area (Å²) in [5, 5.41) is 13.3. The molecule has 0 heterocycles. The Bertz CT molecular complexity index is 323. The zero-order valence-electron chi connectivity index (χ0n) is 8.94. The van der Waals surface area contributed by atoms with Crippen LogP contribution >= 0.6 is 0 Å². The molecule has 82 valence electrons. The van der Waals surface area contributed by atoms with Crippen molar-refractivity contribution in [3.63, 3.8) is 0 Å². The van der Waals surface area contributed by atoms with Gasteiger partial charge in [0, 0.05) is 18.2 Å². The van der Waals surface area contributed by atoms with E-state index >= 15 is 0 Å². The topological polar surface area (TPSA) is 41.5 Å². The normalized spacial score (nSPS) is 17.5. The summed E-state index contributed by atoms with van der Waals surface area (Å²) >= 11 is 0. The number of aliphatic hydroxyl groups excluding tert-OH is 1. The fourth-order valence-electron chi connectivity index (χ4n) is 1.62. The van der Waals surface area contributed by atoms with E-state index in [1.54, 1.807) is 7.11 Å². The molecular weight excluding hydrogens is 190 g/mol. The fraction of sp³-hybridized carbons (Fsp3) is 0.500. The van der Waals surface area contributed by atoms with Crippen molar-refractivity contribution < 1.29 is 9.84 Å². The average molecular weight is 207 g/mol. The third-order valence-electron chi connectivity index (χ3n) is 2.68. The van der Waals surface area contributed by atoms with Crippen molar-refractivity contribution in [1.82, 2.24) is 5.32 Å². The van der Waals surface area contributed by atoms with Crippen molar-refractivity contribution in [2.45, 2.75) is 25.0 Å². The van der Waals surface area contributed by atoms with Crippen LogP contribution in [0.5, 0.6) is 5.75 Å². The molecule has 3 heteroatoms. The molecule has 3 nitrogen and oxygen atoms in total. The molecule has 1 aliphatic rings. The van der Waals surface area contributed by atoms with E-state index in [2.05, 4.69) is 5.32 Å². The molecule has 15 heavy (non-hydrogen) atoms. The number of hydrogen-bond acceptors (Lipinski definition) is 3. The van der Waals surface area contributed by atoms with Gasteiger partial charge in [0.1, 0.15) is 5.75 Å². The third kappa shape index (κ3) is 2.70. The predicted molar refractivity (Wildman–Crippen MR) is 59.0 cm³/mol. The molecule has 1 atom stereocenters. The smallest absolute Gasteiger partial charge is 0.124 e. The Morgan fingerprint density at radius 1 is 1.47 bits per heavy atom. The van der Waals surface area contributed by atoms with Crippen LogP contribution in [0.4, 0.5) is 0 Å². The number of benzene rings is 1. The molecule has 2 rings (SSSR count). The highest BCUT2D eigenvalue weighted by Crippen LogP contribution is 2.25. The van der Waals surface area contributed by atoms with E-state index in [1.165, 1.54) is 12.8 Å². The maximum atomic E-state index is 9.97. The van der Waals surface area contributed by atoms with Gasteiger partial charge in [-0.2, -0.15) is 0 Å². The fourth-order valence-corrected chi connectivity index (χ4v) is 1.62. The van der Waals surface area contributed by atoms with Crippen molar-refractivity contribution in [3.05, 3.63) is 29.8 Å². The maximum absolute atomic E-state index is 9.97. The van der Waals surface area contributed by atoms with Crippen LogP contribution in [0, 0.1) is 0 Å². The second-order valence-electron chi connectivity index (χ2n) is 3.94. The maximum Gasteiger partial charge on any atom is 0.124 e. The highest BCUT2D eigenvalue weighted by molar-refractivity contribution is 5.35.